The van der Waals surface area contributed by atoms with Crippen LogP contribution >= 0.6 is 0 Å². The first kappa shape index (κ1) is 16.8. The van der Waals surface area contributed by atoms with Crippen LogP contribution in [0.15, 0.2) is 34.9 Å². The van der Waals surface area contributed by atoms with E-state index >= 15 is 0 Å². The molecular formula is C24H32O2. The van der Waals surface area contributed by atoms with Crippen LogP contribution in [-0.4, -0.2) is 13.1 Å². The summed E-state index contributed by atoms with van der Waals surface area (Å²) >= 11 is 0. The van der Waals surface area contributed by atoms with Crippen molar-refractivity contribution in [2.75, 3.05) is 7.11 Å². The maximum absolute atomic E-state index is 13.2. The van der Waals surface area contributed by atoms with Gasteiger partial charge in [-0.15, -0.1) is 0 Å². The lowest BCUT2D eigenvalue weighted by atomic mass is 9.48. The maximum atomic E-state index is 13.2. The summed E-state index contributed by atoms with van der Waals surface area (Å²) < 4.78 is 5.46. The fraction of sp³-hybridized carbons (Fsp3) is 0.708. The Kier molecular flexibility index (Phi) is 4.14. The number of esters is 1. The molecule has 26 heavy (non-hydrogen) atoms. The first-order chi connectivity index (χ1) is 12.8. The second kappa shape index (κ2) is 6.39. The Morgan fingerprint density at radius 3 is 2.85 bits per heavy atom. The number of ether oxygens (including phenoxy) is 1. The Labute approximate surface area is 157 Å². The SMILES string of the molecule is COC(=O)C12C=CC3=C(CCC4CCCC=C34)C1CCC1CCCCC12. The Morgan fingerprint density at radius 1 is 1.08 bits per heavy atom. The van der Waals surface area contributed by atoms with Crippen LogP contribution < -0.4 is 0 Å². The summed E-state index contributed by atoms with van der Waals surface area (Å²) in [7, 11) is 1.60. The fourth-order valence-electron chi connectivity index (χ4n) is 7.31. The minimum Gasteiger partial charge on any atom is -0.468 e. The summed E-state index contributed by atoms with van der Waals surface area (Å²) in [5.41, 5.74) is 4.35. The highest BCUT2D eigenvalue weighted by Gasteiger charge is 2.58. The van der Waals surface area contributed by atoms with E-state index in [2.05, 4.69) is 18.2 Å². The van der Waals surface area contributed by atoms with E-state index in [1.807, 2.05) is 0 Å². The molecule has 2 saturated carbocycles. The smallest absolute Gasteiger partial charge is 0.316 e. The molecule has 0 radical (unpaired) electrons. The van der Waals surface area contributed by atoms with Gasteiger partial charge in [-0.25, -0.2) is 0 Å². The van der Waals surface area contributed by atoms with E-state index in [0.717, 1.165) is 11.8 Å². The van der Waals surface area contributed by atoms with E-state index in [0.29, 0.717) is 11.8 Å². The Bertz CT molecular complexity index is 697. The van der Waals surface area contributed by atoms with Crippen LogP contribution in [0.5, 0.6) is 0 Å². The van der Waals surface area contributed by atoms with Crippen molar-refractivity contribution >= 4 is 5.97 Å². The van der Waals surface area contributed by atoms with Crippen LogP contribution in [0.4, 0.5) is 0 Å². The zero-order chi connectivity index (χ0) is 17.7. The Hall–Kier alpha value is -1.31. The summed E-state index contributed by atoms with van der Waals surface area (Å²) in [5, 5.41) is 0. The van der Waals surface area contributed by atoms with Gasteiger partial charge in [0, 0.05) is 5.92 Å². The minimum atomic E-state index is -0.376. The average molecular weight is 353 g/mol. The molecule has 140 valence electrons. The lowest BCUT2D eigenvalue weighted by molar-refractivity contribution is -0.162. The molecule has 0 bridgehead atoms. The molecule has 0 aliphatic heterocycles. The zero-order valence-corrected chi connectivity index (χ0v) is 16.1. The van der Waals surface area contributed by atoms with Crippen molar-refractivity contribution in [2.24, 2.45) is 29.1 Å². The number of rotatable bonds is 1. The highest BCUT2D eigenvalue weighted by Crippen LogP contribution is 2.61. The third-order valence-corrected chi connectivity index (χ3v) is 8.39. The molecule has 5 atom stereocenters. The van der Waals surface area contributed by atoms with E-state index in [1.165, 1.54) is 76.2 Å². The van der Waals surface area contributed by atoms with E-state index in [4.69, 9.17) is 4.74 Å². The molecule has 2 heteroatoms. The van der Waals surface area contributed by atoms with Crippen LogP contribution in [-0.2, 0) is 9.53 Å². The van der Waals surface area contributed by atoms with Crippen LogP contribution in [0.2, 0.25) is 0 Å². The monoisotopic (exact) mass is 352 g/mol. The molecule has 5 rings (SSSR count). The quantitative estimate of drug-likeness (QED) is 0.562. The standard InChI is InChI=1S/C24H32O2/c1-26-23(25)24-15-14-19-18-8-4-2-6-16(18)10-12-20(19)22(24)13-11-17-7-3-5-9-21(17)24/h8,14-17,21-22H,2-7,9-13H2,1H3. The second-order valence-corrected chi connectivity index (χ2v) is 9.30. The maximum Gasteiger partial charge on any atom is 0.316 e. The third kappa shape index (κ3) is 2.26. The first-order valence-corrected chi connectivity index (χ1v) is 11.0. The van der Waals surface area contributed by atoms with E-state index in [1.54, 1.807) is 18.3 Å². The van der Waals surface area contributed by atoms with Gasteiger partial charge in [-0.1, -0.05) is 43.1 Å². The van der Waals surface area contributed by atoms with Gasteiger partial charge in [0.2, 0.25) is 0 Å². The topological polar surface area (TPSA) is 26.3 Å². The highest BCUT2D eigenvalue weighted by atomic mass is 16.5. The number of carbonyl (C=O) groups is 1. The predicted molar refractivity (Wildman–Crippen MR) is 103 cm³/mol. The van der Waals surface area contributed by atoms with Crippen LogP contribution in [0.3, 0.4) is 0 Å². The van der Waals surface area contributed by atoms with Crippen LogP contribution in [0, 0.1) is 29.1 Å². The molecule has 0 aromatic rings. The van der Waals surface area contributed by atoms with E-state index in [-0.39, 0.29) is 11.4 Å². The number of methoxy groups -OCH3 is 1. The summed E-state index contributed by atoms with van der Waals surface area (Å²) in [6.07, 6.45) is 21.2. The summed E-state index contributed by atoms with van der Waals surface area (Å²) in [5.74, 6) is 2.41. The number of hydrogen-bond acceptors (Lipinski definition) is 2. The van der Waals surface area contributed by atoms with Gasteiger partial charge in [0.05, 0.1) is 12.5 Å². The van der Waals surface area contributed by atoms with Gasteiger partial charge in [0.25, 0.3) is 0 Å². The lowest BCUT2D eigenvalue weighted by Gasteiger charge is -2.54. The molecule has 2 nitrogen and oxygen atoms in total. The van der Waals surface area contributed by atoms with Crippen molar-refractivity contribution in [3.05, 3.63) is 34.9 Å². The van der Waals surface area contributed by atoms with Gasteiger partial charge in [-0.2, -0.15) is 0 Å². The molecule has 0 aromatic heterocycles. The van der Waals surface area contributed by atoms with Crippen molar-refractivity contribution in [3.63, 3.8) is 0 Å². The van der Waals surface area contributed by atoms with Crippen molar-refractivity contribution in [3.8, 4) is 0 Å². The molecule has 5 aliphatic rings. The average Bonchev–Trinajstić information content (AvgIpc) is 2.72. The van der Waals surface area contributed by atoms with E-state index < -0.39 is 0 Å². The van der Waals surface area contributed by atoms with Crippen LogP contribution in [0.25, 0.3) is 0 Å². The van der Waals surface area contributed by atoms with Crippen molar-refractivity contribution in [2.45, 2.75) is 70.6 Å². The van der Waals surface area contributed by atoms with E-state index in [9.17, 15) is 4.79 Å². The predicted octanol–water partition coefficient (Wildman–Crippen LogP) is 5.75. The van der Waals surface area contributed by atoms with Gasteiger partial charge in [-0.3, -0.25) is 4.79 Å². The fourth-order valence-corrected chi connectivity index (χ4v) is 7.31. The van der Waals surface area contributed by atoms with Gasteiger partial charge < -0.3 is 4.74 Å². The molecule has 2 fully saturated rings. The highest BCUT2D eigenvalue weighted by molar-refractivity contribution is 5.82. The summed E-state index contributed by atoms with van der Waals surface area (Å²) in [6.45, 7) is 0. The number of fused-ring (bicyclic) bond motifs is 6. The number of allylic oxidation sites excluding steroid dienone is 5. The number of carbonyl (C=O) groups excluding carboxylic acids is 1. The van der Waals surface area contributed by atoms with Gasteiger partial charge in [0.15, 0.2) is 0 Å². The molecular weight excluding hydrogens is 320 g/mol. The Balaban J connectivity index is 1.60. The molecule has 0 amide bonds. The Morgan fingerprint density at radius 2 is 1.96 bits per heavy atom. The first-order valence-electron chi connectivity index (χ1n) is 11.0. The molecule has 0 spiro atoms. The molecule has 0 heterocycles. The zero-order valence-electron chi connectivity index (χ0n) is 16.1. The van der Waals surface area contributed by atoms with Gasteiger partial charge in [-0.05, 0) is 80.3 Å². The summed E-state index contributed by atoms with van der Waals surface area (Å²) in [6, 6.07) is 0. The van der Waals surface area contributed by atoms with Gasteiger partial charge >= 0.3 is 5.97 Å². The molecule has 0 saturated heterocycles. The second-order valence-electron chi connectivity index (χ2n) is 9.30. The summed E-state index contributed by atoms with van der Waals surface area (Å²) in [4.78, 5) is 13.2. The molecule has 5 unspecified atom stereocenters. The minimum absolute atomic E-state index is 0.0432. The van der Waals surface area contributed by atoms with Crippen molar-refractivity contribution in [1.82, 2.24) is 0 Å². The third-order valence-electron chi connectivity index (χ3n) is 8.39. The van der Waals surface area contributed by atoms with Crippen LogP contribution in [0.1, 0.15) is 70.6 Å². The molecule has 5 aliphatic carbocycles. The molecule has 0 N–H and O–H groups in total. The largest absolute Gasteiger partial charge is 0.468 e. The normalized spacial score (nSPS) is 41.3. The van der Waals surface area contributed by atoms with Crippen molar-refractivity contribution < 1.29 is 9.53 Å². The van der Waals surface area contributed by atoms with Gasteiger partial charge in [0.1, 0.15) is 0 Å². The molecule has 0 aromatic carbocycles. The number of hydrogen-bond donors (Lipinski definition) is 0. The van der Waals surface area contributed by atoms with Crippen molar-refractivity contribution in [1.29, 1.82) is 0 Å². The lowest BCUT2D eigenvalue weighted by Crippen LogP contribution is -2.53.